The number of fused-ring (bicyclic) bond motifs is 1. The second-order valence-corrected chi connectivity index (χ2v) is 5.11. The third-order valence-electron chi connectivity index (χ3n) is 3.87. The monoisotopic (exact) mass is 262 g/mol. The van der Waals surface area contributed by atoms with Crippen LogP contribution in [0.5, 0.6) is 0 Å². The highest BCUT2D eigenvalue weighted by Crippen LogP contribution is 2.39. The van der Waals surface area contributed by atoms with Crippen LogP contribution in [-0.2, 0) is 12.1 Å². The summed E-state index contributed by atoms with van der Waals surface area (Å²) in [5.74, 6) is -0.0755. The zero-order chi connectivity index (χ0) is 14.2. The lowest BCUT2D eigenvalue weighted by molar-refractivity contribution is 0.0651. The topological polar surface area (TPSA) is 44.1 Å². The number of rotatable bonds is 2. The average Bonchev–Trinajstić information content (AvgIpc) is 2.72. The van der Waals surface area contributed by atoms with Crippen molar-refractivity contribution >= 4 is 5.91 Å². The number of carbonyl (C=O) groups excluding carboxylic acids is 1. The Balaban J connectivity index is 2.05. The summed E-state index contributed by atoms with van der Waals surface area (Å²) in [6, 6.07) is 19.4. The summed E-state index contributed by atoms with van der Waals surface area (Å²) in [4.78, 5) is 14.2. The number of carbonyl (C=O) groups is 1. The Morgan fingerprint density at radius 3 is 2.45 bits per heavy atom. The van der Waals surface area contributed by atoms with Crippen molar-refractivity contribution in [2.75, 3.05) is 0 Å². The molecule has 1 unspecified atom stereocenters. The van der Waals surface area contributed by atoms with Crippen LogP contribution in [0.25, 0.3) is 0 Å². The third kappa shape index (κ3) is 1.70. The molecule has 1 aliphatic heterocycles. The van der Waals surface area contributed by atoms with Crippen LogP contribution in [0.1, 0.15) is 28.4 Å². The lowest BCUT2D eigenvalue weighted by Gasteiger charge is -2.29. The van der Waals surface area contributed by atoms with Crippen LogP contribution in [0.2, 0.25) is 0 Å². The largest absolute Gasteiger partial charge is 0.312 e. The maximum absolute atomic E-state index is 12.6. The second kappa shape index (κ2) is 4.50. The van der Waals surface area contributed by atoms with Crippen molar-refractivity contribution in [3.63, 3.8) is 0 Å². The van der Waals surface area contributed by atoms with Gasteiger partial charge in [-0.2, -0.15) is 5.26 Å². The summed E-state index contributed by atoms with van der Waals surface area (Å²) in [5.41, 5.74) is 1.55. The van der Waals surface area contributed by atoms with E-state index in [0.29, 0.717) is 12.1 Å². The van der Waals surface area contributed by atoms with Crippen LogP contribution in [-0.4, -0.2) is 10.8 Å². The zero-order valence-corrected chi connectivity index (χ0v) is 11.2. The molecule has 0 N–H and O–H groups in total. The quantitative estimate of drug-likeness (QED) is 0.834. The minimum absolute atomic E-state index is 0.0755. The first-order valence-corrected chi connectivity index (χ1v) is 6.53. The van der Waals surface area contributed by atoms with E-state index in [2.05, 4.69) is 6.07 Å². The SMILES string of the molecule is CC1(C#N)c2ccccc2C(=O)N1Cc1ccccc1. The zero-order valence-electron chi connectivity index (χ0n) is 11.2. The Morgan fingerprint density at radius 1 is 1.10 bits per heavy atom. The Morgan fingerprint density at radius 2 is 1.75 bits per heavy atom. The Labute approximate surface area is 118 Å². The van der Waals surface area contributed by atoms with Crippen LogP contribution >= 0.6 is 0 Å². The van der Waals surface area contributed by atoms with Gasteiger partial charge in [-0.3, -0.25) is 4.79 Å². The van der Waals surface area contributed by atoms with Gasteiger partial charge in [0.25, 0.3) is 5.91 Å². The van der Waals surface area contributed by atoms with Crippen LogP contribution in [0.3, 0.4) is 0 Å². The highest BCUT2D eigenvalue weighted by molar-refractivity contribution is 6.00. The van der Waals surface area contributed by atoms with E-state index < -0.39 is 5.54 Å². The first kappa shape index (κ1) is 12.4. The molecular formula is C17H14N2O. The molecule has 1 atom stereocenters. The summed E-state index contributed by atoms with van der Waals surface area (Å²) in [6.45, 7) is 2.25. The number of hydrogen-bond acceptors (Lipinski definition) is 2. The lowest BCUT2D eigenvalue weighted by atomic mass is 9.93. The van der Waals surface area contributed by atoms with Crippen molar-refractivity contribution < 1.29 is 4.79 Å². The molecule has 0 aliphatic carbocycles. The number of nitrogens with zero attached hydrogens (tertiary/aromatic N) is 2. The summed E-state index contributed by atoms with van der Waals surface area (Å²) < 4.78 is 0. The molecule has 0 fully saturated rings. The molecule has 0 spiro atoms. The molecule has 2 aromatic rings. The van der Waals surface area contributed by atoms with Gasteiger partial charge in [0.1, 0.15) is 0 Å². The van der Waals surface area contributed by atoms with E-state index >= 15 is 0 Å². The normalized spacial score (nSPS) is 20.6. The van der Waals surface area contributed by atoms with Gasteiger partial charge >= 0.3 is 0 Å². The highest BCUT2D eigenvalue weighted by atomic mass is 16.2. The summed E-state index contributed by atoms with van der Waals surface area (Å²) >= 11 is 0. The lowest BCUT2D eigenvalue weighted by Crippen LogP contribution is -2.39. The van der Waals surface area contributed by atoms with Gasteiger partial charge in [0.15, 0.2) is 5.54 Å². The molecular weight excluding hydrogens is 248 g/mol. The third-order valence-corrected chi connectivity index (χ3v) is 3.87. The Bertz CT molecular complexity index is 702. The molecule has 1 heterocycles. The first-order chi connectivity index (χ1) is 9.66. The molecule has 3 nitrogen and oxygen atoms in total. The Kier molecular flexibility index (Phi) is 2.80. The van der Waals surface area contributed by atoms with Crippen molar-refractivity contribution in [1.29, 1.82) is 5.26 Å². The van der Waals surface area contributed by atoms with Crippen LogP contribution in [0.15, 0.2) is 54.6 Å². The number of amides is 1. The molecule has 0 bridgehead atoms. The minimum atomic E-state index is -0.899. The van der Waals surface area contributed by atoms with E-state index in [9.17, 15) is 10.1 Å². The molecule has 1 aliphatic rings. The molecule has 2 aromatic carbocycles. The van der Waals surface area contributed by atoms with E-state index in [1.807, 2.05) is 48.5 Å². The number of nitriles is 1. The number of hydrogen-bond donors (Lipinski definition) is 0. The van der Waals surface area contributed by atoms with E-state index in [1.165, 1.54) is 0 Å². The van der Waals surface area contributed by atoms with Gasteiger partial charge in [0, 0.05) is 17.7 Å². The highest BCUT2D eigenvalue weighted by Gasteiger charge is 2.46. The molecule has 3 rings (SSSR count). The van der Waals surface area contributed by atoms with Crippen molar-refractivity contribution in [3.05, 3.63) is 71.3 Å². The predicted molar refractivity (Wildman–Crippen MR) is 75.7 cm³/mol. The molecule has 0 radical (unpaired) electrons. The first-order valence-electron chi connectivity index (χ1n) is 6.53. The van der Waals surface area contributed by atoms with Crippen molar-refractivity contribution in [2.24, 2.45) is 0 Å². The van der Waals surface area contributed by atoms with Gasteiger partial charge in [-0.05, 0) is 18.6 Å². The smallest absolute Gasteiger partial charge is 0.256 e. The van der Waals surface area contributed by atoms with Crippen molar-refractivity contribution in [1.82, 2.24) is 4.90 Å². The standard InChI is InChI=1S/C17H14N2O/c1-17(12-18)15-10-6-5-9-14(15)16(20)19(17)11-13-7-3-2-4-8-13/h2-10H,11H2,1H3. The van der Waals surface area contributed by atoms with Crippen molar-refractivity contribution in [2.45, 2.75) is 19.0 Å². The number of benzene rings is 2. The fourth-order valence-corrected chi connectivity index (χ4v) is 2.70. The minimum Gasteiger partial charge on any atom is -0.312 e. The van der Waals surface area contributed by atoms with Crippen LogP contribution in [0.4, 0.5) is 0 Å². The molecule has 98 valence electrons. The van der Waals surface area contributed by atoms with E-state index in [1.54, 1.807) is 17.9 Å². The Hall–Kier alpha value is -2.60. The van der Waals surface area contributed by atoms with Crippen LogP contribution < -0.4 is 0 Å². The van der Waals surface area contributed by atoms with E-state index in [-0.39, 0.29) is 5.91 Å². The molecule has 0 saturated heterocycles. The molecule has 0 aromatic heterocycles. The molecule has 3 heteroatoms. The maximum atomic E-state index is 12.6. The molecule has 20 heavy (non-hydrogen) atoms. The maximum Gasteiger partial charge on any atom is 0.256 e. The van der Waals surface area contributed by atoms with Crippen LogP contribution in [0, 0.1) is 11.3 Å². The summed E-state index contributed by atoms with van der Waals surface area (Å²) in [6.07, 6.45) is 0. The molecule has 0 saturated carbocycles. The van der Waals surface area contributed by atoms with Gasteiger partial charge in [-0.1, -0.05) is 48.5 Å². The van der Waals surface area contributed by atoms with E-state index in [4.69, 9.17) is 0 Å². The summed E-state index contributed by atoms with van der Waals surface area (Å²) in [7, 11) is 0. The second-order valence-electron chi connectivity index (χ2n) is 5.11. The van der Waals surface area contributed by atoms with Crippen molar-refractivity contribution in [3.8, 4) is 6.07 Å². The van der Waals surface area contributed by atoms with Gasteiger partial charge < -0.3 is 4.90 Å². The van der Waals surface area contributed by atoms with Gasteiger partial charge in [-0.15, -0.1) is 0 Å². The van der Waals surface area contributed by atoms with Gasteiger partial charge in [0.05, 0.1) is 6.07 Å². The van der Waals surface area contributed by atoms with E-state index in [0.717, 1.165) is 11.1 Å². The fourth-order valence-electron chi connectivity index (χ4n) is 2.70. The summed E-state index contributed by atoms with van der Waals surface area (Å²) in [5, 5.41) is 9.59. The van der Waals surface area contributed by atoms with Gasteiger partial charge in [-0.25, -0.2) is 0 Å². The molecule has 1 amide bonds. The predicted octanol–water partition coefficient (Wildman–Crippen LogP) is 3.08. The van der Waals surface area contributed by atoms with Gasteiger partial charge in [0.2, 0.25) is 0 Å². The average molecular weight is 262 g/mol. The fraction of sp³-hybridized carbons (Fsp3) is 0.176.